The molecule has 2 rings (SSSR count). The molecule has 1 heterocycles. The molecular formula is C11H18O. The van der Waals surface area contributed by atoms with Crippen LogP contribution in [-0.4, -0.2) is 13.2 Å². The van der Waals surface area contributed by atoms with E-state index in [1.165, 1.54) is 12.0 Å². The van der Waals surface area contributed by atoms with Crippen LogP contribution in [0.4, 0.5) is 0 Å². The Morgan fingerprint density at radius 3 is 2.42 bits per heavy atom. The minimum Gasteiger partial charge on any atom is -0.381 e. The molecule has 1 saturated heterocycles. The Morgan fingerprint density at radius 2 is 2.00 bits per heavy atom. The molecule has 0 N–H and O–H groups in total. The van der Waals surface area contributed by atoms with Crippen LogP contribution >= 0.6 is 0 Å². The Hall–Kier alpha value is -0.300. The van der Waals surface area contributed by atoms with E-state index in [2.05, 4.69) is 20.4 Å². The first kappa shape index (κ1) is 8.31. The van der Waals surface area contributed by atoms with Crippen molar-refractivity contribution in [2.45, 2.75) is 20.3 Å². The van der Waals surface area contributed by atoms with Gasteiger partial charge in [0, 0.05) is 12.5 Å². The molecule has 0 aromatic heterocycles. The first-order chi connectivity index (χ1) is 5.72. The summed E-state index contributed by atoms with van der Waals surface area (Å²) in [5.41, 5.74) is 1.47. The Bertz CT molecular complexity index is 179. The fourth-order valence-corrected chi connectivity index (χ4v) is 2.44. The van der Waals surface area contributed by atoms with Crippen molar-refractivity contribution in [1.29, 1.82) is 0 Å². The SMILES string of the molecule is C=C(C1CCOC1)C1C(C)C1C. The molecule has 0 bridgehead atoms. The molecule has 1 aliphatic heterocycles. The molecule has 1 aliphatic carbocycles. The van der Waals surface area contributed by atoms with Gasteiger partial charge in [-0.15, -0.1) is 0 Å². The molecule has 0 spiro atoms. The lowest BCUT2D eigenvalue weighted by molar-refractivity contribution is 0.189. The third-order valence-corrected chi connectivity index (χ3v) is 3.70. The van der Waals surface area contributed by atoms with E-state index in [9.17, 15) is 0 Å². The number of hydrogen-bond donors (Lipinski definition) is 0. The van der Waals surface area contributed by atoms with Gasteiger partial charge in [0.2, 0.25) is 0 Å². The van der Waals surface area contributed by atoms with Crippen LogP contribution in [0.25, 0.3) is 0 Å². The number of hydrogen-bond acceptors (Lipinski definition) is 1. The quantitative estimate of drug-likeness (QED) is 0.573. The third-order valence-electron chi connectivity index (χ3n) is 3.70. The summed E-state index contributed by atoms with van der Waals surface area (Å²) in [6.07, 6.45) is 1.20. The highest BCUT2D eigenvalue weighted by atomic mass is 16.5. The molecule has 3 atom stereocenters. The minimum absolute atomic E-state index is 0.669. The van der Waals surface area contributed by atoms with E-state index in [4.69, 9.17) is 4.74 Å². The molecule has 0 aromatic rings. The fraction of sp³-hybridized carbons (Fsp3) is 0.818. The van der Waals surface area contributed by atoms with Gasteiger partial charge >= 0.3 is 0 Å². The summed E-state index contributed by atoms with van der Waals surface area (Å²) in [5.74, 6) is 3.22. The van der Waals surface area contributed by atoms with Crippen molar-refractivity contribution in [3.8, 4) is 0 Å². The lowest BCUT2D eigenvalue weighted by atomic mass is 9.94. The summed E-state index contributed by atoms with van der Waals surface area (Å²) in [6, 6.07) is 0. The molecule has 0 radical (unpaired) electrons. The highest BCUT2D eigenvalue weighted by molar-refractivity contribution is 5.17. The van der Waals surface area contributed by atoms with Gasteiger partial charge in [0.15, 0.2) is 0 Å². The van der Waals surface area contributed by atoms with Gasteiger partial charge in [-0.05, 0) is 24.2 Å². The van der Waals surface area contributed by atoms with Crippen LogP contribution in [0.15, 0.2) is 12.2 Å². The standard InChI is InChI=1S/C11H18O/c1-7-8(2)11(7)9(3)10-4-5-12-6-10/h7-8,10-11H,3-6H2,1-2H3. The number of rotatable bonds is 2. The van der Waals surface area contributed by atoms with Crippen molar-refractivity contribution in [2.75, 3.05) is 13.2 Å². The van der Waals surface area contributed by atoms with E-state index in [-0.39, 0.29) is 0 Å². The summed E-state index contributed by atoms with van der Waals surface area (Å²) in [4.78, 5) is 0. The summed E-state index contributed by atoms with van der Waals surface area (Å²) in [5, 5.41) is 0. The average Bonchev–Trinajstić information content (AvgIpc) is 2.60. The second-order valence-corrected chi connectivity index (χ2v) is 4.38. The van der Waals surface area contributed by atoms with Gasteiger partial charge in [0.25, 0.3) is 0 Å². The monoisotopic (exact) mass is 166 g/mol. The zero-order valence-corrected chi connectivity index (χ0v) is 8.05. The van der Waals surface area contributed by atoms with E-state index >= 15 is 0 Å². The minimum atomic E-state index is 0.669. The zero-order chi connectivity index (χ0) is 8.72. The highest BCUT2D eigenvalue weighted by Gasteiger charge is 2.46. The molecule has 0 amide bonds. The van der Waals surface area contributed by atoms with Gasteiger partial charge in [-0.2, -0.15) is 0 Å². The topological polar surface area (TPSA) is 9.23 Å². The average molecular weight is 166 g/mol. The Labute approximate surface area is 74.8 Å². The van der Waals surface area contributed by atoms with Crippen molar-refractivity contribution in [1.82, 2.24) is 0 Å². The van der Waals surface area contributed by atoms with Crippen LogP contribution in [0.1, 0.15) is 20.3 Å². The van der Waals surface area contributed by atoms with Crippen LogP contribution < -0.4 is 0 Å². The van der Waals surface area contributed by atoms with Crippen molar-refractivity contribution >= 4 is 0 Å². The molecule has 2 aliphatic rings. The van der Waals surface area contributed by atoms with Gasteiger partial charge in [-0.25, -0.2) is 0 Å². The summed E-state index contributed by atoms with van der Waals surface area (Å²) in [6.45, 7) is 10.7. The predicted molar refractivity (Wildman–Crippen MR) is 49.9 cm³/mol. The fourth-order valence-electron chi connectivity index (χ4n) is 2.44. The van der Waals surface area contributed by atoms with Gasteiger partial charge in [-0.3, -0.25) is 0 Å². The van der Waals surface area contributed by atoms with E-state index < -0.39 is 0 Å². The van der Waals surface area contributed by atoms with Crippen molar-refractivity contribution in [3.05, 3.63) is 12.2 Å². The first-order valence-corrected chi connectivity index (χ1v) is 4.98. The van der Waals surface area contributed by atoms with Crippen LogP contribution in [0.3, 0.4) is 0 Å². The Balaban J connectivity index is 1.92. The zero-order valence-electron chi connectivity index (χ0n) is 8.05. The lowest BCUT2D eigenvalue weighted by Gasteiger charge is -2.10. The Morgan fingerprint density at radius 1 is 1.33 bits per heavy atom. The van der Waals surface area contributed by atoms with Gasteiger partial charge in [0.1, 0.15) is 0 Å². The van der Waals surface area contributed by atoms with E-state index in [0.717, 1.165) is 31.0 Å². The second kappa shape index (κ2) is 2.88. The summed E-state index contributed by atoms with van der Waals surface area (Å²) < 4.78 is 5.37. The van der Waals surface area contributed by atoms with Crippen LogP contribution in [-0.2, 0) is 4.74 Å². The van der Waals surface area contributed by atoms with Crippen LogP contribution in [0.2, 0.25) is 0 Å². The van der Waals surface area contributed by atoms with Gasteiger partial charge in [0.05, 0.1) is 6.61 Å². The maximum atomic E-state index is 5.37. The molecule has 12 heavy (non-hydrogen) atoms. The molecule has 1 heteroatoms. The van der Waals surface area contributed by atoms with Gasteiger partial charge in [-0.1, -0.05) is 26.0 Å². The van der Waals surface area contributed by atoms with Crippen molar-refractivity contribution < 1.29 is 4.74 Å². The van der Waals surface area contributed by atoms with Gasteiger partial charge < -0.3 is 4.74 Å². The number of ether oxygens (including phenoxy) is 1. The van der Waals surface area contributed by atoms with Crippen LogP contribution in [0, 0.1) is 23.7 Å². The smallest absolute Gasteiger partial charge is 0.0532 e. The van der Waals surface area contributed by atoms with E-state index in [0.29, 0.717) is 5.92 Å². The van der Waals surface area contributed by atoms with Crippen LogP contribution in [0.5, 0.6) is 0 Å². The molecular weight excluding hydrogens is 148 g/mol. The molecule has 68 valence electrons. The molecule has 0 aromatic carbocycles. The summed E-state index contributed by atoms with van der Waals surface area (Å²) in [7, 11) is 0. The molecule has 1 saturated carbocycles. The Kier molecular flexibility index (Phi) is 1.99. The maximum absolute atomic E-state index is 5.37. The molecule has 1 nitrogen and oxygen atoms in total. The first-order valence-electron chi connectivity index (χ1n) is 4.98. The van der Waals surface area contributed by atoms with Crippen molar-refractivity contribution in [3.63, 3.8) is 0 Å². The predicted octanol–water partition coefficient (Wildman–Crippen LogP) is 2.48. The van der Waals surface area contributed by atoms with Crippen molar-refractivity contribution in [2.24, 2.45) is 23.7 Å². The molecule has 3 unspecified atom stereocenters. The van der Waals surface area contributed by atoms with E-state index in [1.54, 1.807) is 0 Å². The second-order valence-electron chi connectivity index (χ2n) is 4.38. The largest absolute Gasteiger partial charge is 0.381 e. The third kappa shape index (κ3) is 1.20. The summed E-state index contributed by atoms with van der Waals surface area (Å²) >= 11 is 0. The normalized spacial score (nSPS) is 46.2. The lowest BCUT2D eigenvalue weighted by Crippen LogP contribution is -2.05. The molecule has 2 fully saturated rings. The van der Waals surface area contributed by atoms with E-state index in [1.807, 2.05) is 0 Å². The maximum Gasteiger partial charge on any atom is 0.0532 e. The highest BCUT2D eigenvalue weighted by Crippen LogP contribution is 2.52.